The third-order valence-corrected chi connectivity index (χ3v) is 6.54. The molecule has 0 radical (unpaired) electrons. The van der Waals surface area contributed by atoms with E-state index in [1.165, 1.54) is 48.5 Å². The highest BCUT2D eigenvalue weighted by Crippen LogP contribution is 2.36. The number of nitrogens with zero attached hydrogens (tertiary/aromatic N) is 1. The minimum absolute atomic E-state index is 0.0528. The van der Waals surface area contributed by atoms with Gasteiger partial charge in [-0.3, -0.25) is 14.9 Å². The predicted octanol–water partition coefficient (Wildman–Crippen LogP) is 7.06. The van der Waals surface area contributed by atoms with Crippen molar-refractivity contribution in [2.24, 2.45) is 0 Å². The van der Waals surface area contributed by atoms with Crippen LogP contribution in [0.15, 0.2) is 101 Å². The van der Waals surface area contributed by atoms with Crippen molar-refractivity contribution < 1.29 is 33.1 Å². The van der Waals surface area contributed by atoms with E-state index < -0.39 is 10.9 Å². The highest BCUT2D eigenvalue weighted by molar-refractivity contribution is 6.14. The number of benzene rings is 4. The Labute approximate surface area is 233 Å². The van der Waals surface area contributed by atoms with Crippen LogP contribution >= 0.6 is 0 Å². The number of non-ortho nitro benzene ring substituents is 1. The zero-order valence-corrected chi connectivity index (χ0v) is 21.7. The number of aryl methyl sites for hydroxylation is 1. The van der Waals surface area contributed by atoms with E-state index in [-0.39, 0.29) is 34.3 Å². The third kappa shape index (κ3) is 5.16. The third-order valence-electron chi connectivity index (χ3n) is 6.54. The Kier molecular flexibility index (Phi) is 6.52. The molecule has 0 unspecified atom stereocenters. The monoisotopic (exact) mass is 547 g/mol. The molecule has 0 amide bonds. The van der Waals surface area contributed by atoms with E-state index in [1.54, 1.807) is 25.1 Å². The Hall–Kier alpha value is -5.70. The lowest BCUT2D eigenvalue weighted by molar-refractivity contribution is -0.384. The van der Waals surface area contributed by atoms with Gasteiger partial charge in [0.1, 0.15) is 40.8 Å². The lowest BCUT2D eigenvalue weighted by Crippen LogP contribution is -2.09. The van der Waals surface area contributed by atoms with Crippen LogP contribution in [0.3, 0.4) is 0 Å². The molecule has 0 aliphatic carbocycles. The molecule has 9 nitrogen and oxygen atoms in total. The summed E-state index contributed by atoms with van der Waals surface area (Å²) in [5.74, 6) is 0.460. The molecule has 9 heteroatoms. The molecule has 1 aliphatic heterocycles. The summed E-state index contributed by atoms with van der Waals surface area (Å²) in [5.41, 5.74) is 2.61. The first-order valence-corrected chi connectivity index (χ1v) is 12.6. The quantitative estimate of drug-likeness (QED) is 0.0698. The molecule has 0 bridgehead atoms. The Morgan fingerprint density at radius 1 is 0.951 bits per heavy atom. The van der Waals surface area contributed by atoms with Crippen LogP contribution in [0.1, 0.15) is 37.6 Å². The Balaban J connectivity index is 1.20. The second-order valence-corrected chi connectivity index (χ2v) is 9.30. The number of carbonyl (C=O) groups excluding carboxylic acids is 2. The van der Waals surface area contributed by atoms with E-state index in [9.17, 15) is 19.7 Å². The summed E-state index contributed by atoms with van der Waals surface area (Å²) in [6.07, 6.45) is 1.50. The average molecular weight is 548 g/mol. The van der Waals surface area contributed by atoms with E-state index in [0.717, 1.165) is 5.56 Å². The van der Waals surface area contributed by atoms with Gasteiger partial charge in [-0.1, -0.05) is 30.3 Å². The molecule has 0 N–H and O–H groups in total. The highest BCUT2D eigenvalue weighted by Gasteiger charge is 2.29. The van der Waals surface area contributed by atoms with Crippen molar-refractivity contribution in [2.75, 3.05) is 0 Å². The fourth-order valence-corrected chi connectivity index (χ4v) is 4.52. The van der Waals surface area contributed by atoms with Crippen LogP contribution in [0.5, 0.6) is 17.2 Å². The van der Waals surface area contributed by atoms with Gasteiger partial charge in [-0.15, -0.1) is 0 Å². The maximum atomic E-state index is 13.3. The molecular formula is C32H21NO8. The summed E-state index contributed by atoms with van der Waals surface area (Å²) in [5, 5.41) is 11.4. The number of allylic oxidation sites excluding steroid dienone is 1. The van der Waals surface area contributed by atoms with Crippen molar-refractivity contribution in [2.45, 2.75) is 13.5 Å². The van der Waals surface area contributed by atoms with Crippen molar-refractivity contribution in [1.29, 1.82) is 0 Å². The number of hydrogen-bond donors (Lipinski definition) is 0. The smallest absolute Gasteiger partial charge is 0.347 e. The SMILES string of the molecule is Cc1oc2ccc(OCc3ccccc3)cc2c1C(=O)Oc1ccc2c(c1)O/C(=C\c1ccc([N+](=O)[O-])cc1)C2=O. The van der Waals surface area contributed by atoms with Crippen LogP contribution in [0, 0.1) is 17.0 Å². The van der Waals surface area contributed by atoms with Crippen LogP contribution < -0.4 is 14.2 Å². The lowest BCUT2D eigenvalue weighted by atomic mass is 10.1. The fraction of sp³-hybridized carbons (Fsp3) is 0.0625. The van der Waals surface area contributed by atoms with E-state index >= 15 is 0 Å². The van der Waals surface area contributed by atoms with Crippen LogP contribution in [-0.4, -0.2) is 16.7 Å². The van der Waals surface area contributed by atoms with Gasteiger partial charge in [0, 0.05) is 23.6 Å². The van der Waals surface area contributed by atoms with E-state index in [4.69, 9.17) is 18.6 Å². The van der Waals surface area contributed by atoms with Gasteiger partial charge in [-0.2, -0.15) is 0 Å². The first-order valence-electron chi connectivity index (χ1n) is 12.6. The number of esters is 1. The van der Waals surface area contributed by atoms with Crippen molar-refractivity contribution in [3.05, 3.63) is 135 Å². The summed E-state index contributed by atoms with van der Waals surface area (Å²) < 4.78 is 23.1. The van der Waals surface area contributed by atoms with Crippen molar-refractivity contribution in [1.82, 2.24) is 0 Å². The van der Waals surface area contributed by atoms with Gasteiger partial charge in [0.15, 0.2) is 5.76 Å². The van der Waals surface area contributed by atoms with Crippen LogP contribution in [0.4, 0.5) is 5.69 Å². The number of fused-ring (bicyclic) bond motifs is 2. The Morgan fingerprint density at radius 2 is 1.71 bits per heavy atom. The molecule has 202 valence electrons. The minimum Gasteiger partial charge on any atom is -0.489 e. The number of ketones is 1. The number of Topliss-reactive ketones (excluding diaryl/α,β-unsaturated/α-hetero) is 1. The van der Waals surface area contributed by atoms with E-state index in [0.29, 0.717) is 40.2 Å². The summed E-state index contributed by atoms with van der Waals surface area (Å²) >= 11 is 0. The topological polar surface area (TPSA) is 118 Å². The standard InChI is InChI=1S/C32H21NO8/c1-19-30(26-16-23(12-14-27(26)39-19)38-18-21-5-3-2-4-6-21)32(35)40-24-11-13-25-28(17-24)41-29(31(25)34)15-20-7-9-22(10-8-20)33(36)37/h2-17H,18H2,1H3/b29-15-. The number of furan rings is 1. The minimum atomic E-state index is -0.632. The van der Waals surface area contributed by atoms with Crippen LogP contribution in [-0.2, 0) is 6.61 Å². The van der Waals surface area contributed by atoms with E-state index in [2.05, 4.69) is 0 Å². The maximum Gasteiger partial charge on any atom is 0.347 e. The summed E-state index contributed by atoms with van der Waals surface area (Å²) in [6.45, 7) is 2.05. The van der Waals surface area contributed by atoms with Gasteiger partial charge < -0.3 is 18.6 Å². The number of ether oxygens (including phenoxy) is 3. The molecule has 4 aromatic carbocycles. The molecule has 0 saturated heterocycles. The maximum absolute atomic E-state index is 13.3. The molecule has 6 rings (SSSR count). The fourth-order valence-electron chi connectivity index (χ4n) is 4.52. The number of rotatable bonds is 7. The largest absolute Gasteiger partial charge is 0.489 e. The number of carbonyl (C=O) groups is 2. The summed E-state index contributed by atoms with van der Waals surface area (Å²) in [4.78, 5) is 36.5. The van der Waals surface area contributed by atoms with Crippen LogP contribution in [0.25, 0.3) is 17.0 Å². The number of nitro benzene ring substituents is 1. The highest BCUT2D eigenvalue weighted by atomic mass is 16.6. The summed E-state index contributed by atoms with van der Waals surface area (Å²) in [7, 11) is 0. The molecule has 0 spiro atoms. The normalized spacial score (nSPS) is 13.2. The molecule has 41 heavy (non-hydrogen) atoms. The predicted molar refractivity (Wildman–Crippen MR) is 149 cm³/mol. The summed E-state index contributed by atoms with van der Waals surface area (Å²) in [6, 6.07) is 25.2. The van der Waals surface area contributed by atoms with Crippen molar-refractivity contribution in [3.63, 3.8) is 0 Å². The Bertz CT molecular complexity index is 1850. The molecule has 0 atom stereocenters. The van der Waals surface area contributed by atoms with E-state index in [1.807, 2.05) is 30.3 Å². The Morgan fingerprint density at radius 3 is 2.46 bits per heavy atom. The second kappa shape index (κ2) is 10.5. The molecule has 5 aromatic rings. The zero-order valence-electron chi connectivity index (χ0n) is 21.7. The molecule has 1 aromatic heterocycles. The first-order chi connectivity index (χ1) is 19.9. The van der Waals surface area contributed by atoms with Gasteiger partial charge >= 0.3 is 5.97 Å². The van der Waals surface area contributed by atoms with Crippen molar-refractivity contribution >= 4 is 34.5 Å². The van der Waals surface area contributed by atoms with Gasteiger partial charge in [0.05, 0.1) is 10.5 Å². The second-order valence-electron chi connectivity index (χ2n) is 9.30. The molecule has 0 fully saturated rings. The molecule has 1 aliphatic rings. The van der Waals surface area contributed by atoms with Crippen LogP contribution in [0.2, 0.25) is 0 Å². The average Bonchev–Trinajstić information content (AvgIpc) is 3.47. The van der Waals surface area contributed by atoms with Gasteiger partial charge in [-0.25, -0.2) is 4.79 Å². The first kappa shape index (κ1) is 25.6. The number of nitro groups is 1. The lowest BCUT2D eigenvalue weighted by Gasteiger charge is -2.07. The van der Waals surface area contributed by atoms with Gasteiger partial charge in [-0.05, 0) is 66.6 Å². The molecule has 2 heterocycles. The van der Waals surface area contributed by atoms with Crippen molar-refractivity contribution in [3.8, 4) is 17.2 Å². The zero-order chi connectivity index (χ0) is 28.5. The van der Waals surface area contributed by atoms with Gasteiger partial charge in [0.25, 0.3) is 5.69 Å². The molecular weight excluding hydrogens is 526 g/mol. The number of hydrogen-bond acceptors (Lipinski definition) is 8. The molecule has 0 saturated carbocycles. The van der Waals surface area contributed by atoms with Gasteiger partial charge in [0.2, 0.25) is 5.78 Å².